The monoisotopic (exact) mass is 358 g/mol. The molecule has 0 amide bonds. The first-order chi connectivity index (χ1) is 13.1. The zero-order valence-electron chi connectivity index (χ0n) is 14.1. The van der Waals surface area contributed by atoms with Crippen LogP contribution in [-0.4, -0.2) is 40.9 Å². The molecule has 4 rings (SSSR count). The van der Waals surface area contributed by atoms with E-state index in [1.807, 2.05) is 0 Å². The van der Waals surface area contributed by atoms with E-state index in [1.54, 1.807) is 48.5 Å². The summed E-state index contributed by atoms with van der Waals surface area (Å²) in [5.74, 6) is -0.801. The number of fused-ring (bicyclic) bond motifs is 2. The molecule has 2 N–H and O–H groups in total. The maximum atomic E-state index is 12.3. The highest BCUT2D eigenvalue weighted by Gasteiger charge is 2.28. The van der Waals surface area contributed by atoms with E-state index in [9.17, 15) is 19.8 Å². The Morgan fingerprint density at radius 3 is 1.41 bits per heavy atom. The number of ketones is 2. The number of aliphatic hydroxyl groups is 2. The molecule has 0 unspecified atom stereocenters. The van der Waals surface area contributed by atoms with E-state index in [-0.39, 0.29) is 40.9 Å². The Bertz CT molecular complexity index is 1020. The number of rotatable bonds is 4. The third kappa shape index (κ3) is 2.67. The number of carbonyl (C=O) groups is 2. The van der Waals surface area contributed by atoms with Crippen LogP contribution in [0.5, 0.6) is 0 Å². The minimum absolute atomic E-state index is 0.0548. The Kier molecular flexibility index (Phi) is 4.01. The molecular formula is C21H14N2O4. The Balaban J connectivity index is 1.47. The zero-order valence-corrected chi connectivity index (χ0v) is 14.1. The van der Waals surface area contributed by atoms with E-state index in [2.05, 4.69) is 9.98 Å². The quantitative estimate of drug-likeness (QED) is 0.818. The van der Waals surface area contributed by atoms with Crippen LogP contribution in [0.2, 0.25) is 0 Å². The first-order valence-corrected chi connectivity index (χ1v) is 8.24. The summed E-state index contributed by atoms with van der Waals surface area (Å²) in [6, 6.07) is 13.6. The lowest BCUT2D eigenvalue weighted by molar-refractivity contribution is 0.103. The van der Waals surface area contributed by atoms with Crippen molar-refractivity contribution in [3.8, 4) is 0 Å². The van der Waals surface area contributed by atoms with E-state index < -0.39 is 0 Å². The number of benzene rings is 2. The molecule has 2 aliphatic carbocycles. The van der Waals surface area contributed by atoms with Crippen LogP contribution in [0, 0.1) is 0 Å². The average molecular weight is 358 g/mol. The maximum Gasteiger partial charge on any atom is 0.199 e. The van der Waals surface area contributed by atoms with Crippen molar-refractivity contribution in [2.45, 2.75) is 0 Å². The molecule has 132 valence electrons. The van der Waals surface area contributed by atoms with Crippen LogP contribution in [0.1, 0.15) is 31.8 Å². The van der Waals surface area contributed by atoms with Gasteiger partial charge in [-0.2, -0.15) is 0 Å². The molecule has 0 heterocycles. The topological polar surface area (TPSA) is 99.3 Å². The summed E-state index contributed by atoms with van der Waals surface area (Å²) < 4.78 is 0. The second-order valence-electron chi connectivity index (χ2n) is 6.04. The van der Waals surface area contributed by atoms with Crippen LogP contribution in [0.25, 0.3) is 11.5 Å². The van der Waals surface area contributed by atoms with Gasteiger partial charge in [0.15, 0.2) is 11.6 Å². The third-order valence-corrected chi connectivity index (χ3v) is 4.46. The van der Waals surface area contributed by atoms with Crippen molar-refractivity contribution in [3.63, 3.8) is 0 Å². The normalized spacial score (nSPS) is 16.1. The molecule has 27 heavy (non-hydrogen) atoms. The van der Waals surface area contributed by atoms with Crippen molar-refractivity contribution in [1.29, 1.82) is 0 Å². The van der Waals surface area contributed by atoms with Crippen LogP contribution in [0.4, 0.5) is 0 Å². The summed E-state index contributed by atoms with van der Waals surface area (Å²) in [7, 11) is 0. The molecule has 6 heteroatoms. The molecule has 0 atom stereocenters. The van der Waals surface area contributed by atoms with Crippen molar-refractivity contribution in [1.82, 2.24) is 0 Å². The Labute approximate surface area is 154 Å². The standard InChI is InChI=1S/C21H14N2O4/c24-18-12-5-1-2-6-13(12)19(25)16(18)9-22-11-23-10-17-20(26)14-7-3-4-8-15(14)21(17)27/h1-10,24,26H,11H2/b22-9+,23-10+. The van der Waals surface area contributed by atoms with Gasteiger partial charge < -0.3 is 10.2 Å². The van der Waals surface area contributed by atoms with Crippen molar-refractivity contribution in [2.24, 2.45) is 9.98 Å². The van der Waals surface area contributed by atoms with Gasteiger partial charge in [-0.1, -0.05) is 48.5 Å². The predicted molar refractivity (Wildman–Crippen MR) is 102 cm³/mol. The van der Waals surface area contributed by atoms with Gasteiger partial charge in [0, 0.05) is 34.7 Å². The zero-order chi connectivity index (χ0) is 19.0. The maximum absolute atomic E-state index is 12.3. The van der Waals surface area contributed by atoms with Crippen molar-refractivity contribution >= 4 is 35.5 Å². The molecule has 6 nitrogen and oxygen atoms in total. The van der Waals surface area contributed by atoms with Gasteiger partial charge in [-0.3, -0.25) is 19.6 Å². The molecule has 0 spiro atoms. The first kappa shape index (κ1) is 16.7. The molecule has 2 aliphatic rings. The van der Waals surface area contributed by atoms with Gasteiger partial charge in [0.1, 0.15) is 18.2 Å². The van der Waals surface area contributed by atoms with Gasteiger partial charge in [-0.25, -0.2) is 0 Å². The summed E-state index contributed by atoms with van der Waals surface area (Å²) in [6.45, 7) is -0.0548. The third-order valence-electron chi connectivity index (χ3n) is 4.46. The second-order valence-corrected chi connectivity index (χ2v) is 6.04. The van der Waals surface area contributed by atoms with Gasteiger partial charge >= 0.3 is 0 Å². The number of hydrogen-bond donors (Lipinski definition) is 2. The summed E-state index contributed by atoms with van der Waals surface area (Å²) in [5, 5.41) is 20.3. The van der Waals surface area contributed by atoms with Gasteiger partial charge in [0.25, 0.3) is 0 Å². The number of aliphatic imine (C=N–C) groups is 2. The first-order valence-electron chi connectivity index (χ1n) is 8.24. The minimum atomic E-state index is -0.294. The average Bonchev–Trinajstić information content (AvgIpc) is 3.08. The van der Waals surface area contributed by atoms with Gasteiger partial charge in [0.2, 0.25) is 0 Å². The number of carbonyl (C=O) groups excluding carboxylic acids is 2. The lowest BCUT2D eigenvalue weighted by atomic mass is 10.1. The fourth-order valence-corrected chi connectivity index (χ4v) is 3.12. The highest BCUT2D eigenvalue weighted by atomic mass is 16.3. The second kappa shape index (κ2) is 6.49. The highest BCUT2D eigenvalue weighted by Crippen LogP contribution is 2.30. The van der Waals surface area contributed by atoms with Gasteiger partial charge in [-0.05, 0) is 0 Å². The minimum Gasteiger partial charge on any atom is -0.506 e. The highest BCUT2D eigenvalue weighted by molar-refractivity contribution is 6.31. The Morgan fingerprint density at radius 1 is 0.667 bits per heavy atom. The molecule has 0 aliphatic heterocycles. The van der Waals surface area contributed by atoms with Crippen LogP contribution >= 0.6 is 0 Å². The molecule has 0 aromatic heterocycles. The van der Waals surface area contributed by atoms with E-state index in [0.29, 0.717) is 22.3 Å². The lowest BCUT2D eigenvalue weighted by Crippen LogP contribution is -2.01. The summed E-state index contributed by atoms with van der Waals surface area (Å²) >= 11 is 0. The molecule has 0 fully saturated rings. The number of nitrogens with zero attached hydrogens (tertiary/aromatic N) is 2. The number of aliphatic hydroxyl groups excluding tert-OH is 2. The Hall–Kier alpha value is -3.80. The molecule has 0 bridgehead atoms. The van der Waals surface area contributed by atoms with Crippen LogP contribution < -0.4 is 0 Å². The van der Waals surface area contributed by atoms with E-state index in [4.69, 9.17) is 0 Å². The number of hydrogen-bond acceptors (Lipinski definition) is 6. The van der Waals surface area contributed by atoms with E-state index >= 15 is 0 Å². The van der Waals surface area contributed by atoms with Crippen LogP contribution in [0.3, 0.4) is 0 Å². The SMILES string of the molecule is O=C1C(/C=N/C/N=C/C2=C(O)c3ccccc3C2=O)=C(O)c2ccccc21. The van der Waals surface area contributed by atoms with Crippen LogP contribution in [0.15, 0.2) is 69.7 Å². The Morgan fingerprint density at radius 2 is 1.04 bits per heavy atom. The van der Waals surface area contributed by atoms with Crippen molar-refractivity contribution < 1.29 is 19.8 Å². The molecule has 0 radical (unpaired) electrons. The number of allylic oxidation sites excluding steroid dienone is 2. The largest absolute Gasteiger partial charge is 0.506 e. The van der Waals surface area contributed by atoms with Gasteiger partial charge in [0.05, 0.1) is 11.1 Å². The molecular weight excluding hydrogens is 344 g/mol. The molecule has 0 saturated heterocycles. The summed E-state index contributed by atoms with van der Waals surface area (Å²) in [5.41, 5.74) is 2.05. The molecule has 2 aromatic carbocycles. The van der Waals surface area contributed by atoms with Crippen molar-refractivity contribution in [3.05, 3.63) is 81.9 Å². The summed E-state index contributed by atoms with van der Waals surface area (Å²) in [6.07, 6.45) is 2.54. The van der Waals surface area contributed by atoms with E-state index in [1.165, 1.54) is 12.4 Å². The number of Topliss-reactive ketones (excluding diaryl/α,β-unsaturated/α-hetero) is 2. The smallest absolute Gasteiger partial charge is 0.199 e. The summed E-state index contributed by atoms with van der Waals surface area (Å²) in [4.78, 5) is 32.6. The fraction of sp³-hybridized carbons (Fsp3) is 0.0476. The van der Waals surface area contributed by atoms with E-state index in [0.717, 1.165) is 0 Å². The van der Waals surface area contributed by atoms with Gasteiger partial charge in [-0.15, -0.1) is 0 Å². The molecule has 2 aromatic rings. The lowest BCUT2D eigenvalue weighted by Gasteiger charge is -1.95. The predicted octanol–water partition coefficient (Wildman–Crippen LogP) is 3.42. The molecule has 0 saturated carbocycles. The van der Waals surface area contributed by atoms with Crippen molar-refractivity contribution in [2.75, 3.05) is 6.67 Å². The fourth-order valence-electron chi connectivity index (χ4n) is 3.12. The van der Waals surface area contributed by atoms with Crippen LogP contribution in [-0.2, 0) is 0 Å².